The molecule has 20 heavy (non-hydrogen) atoms. The number of hydrogen-bond donors (Lipinski definition) is 1. The van der Waals surface area contributed by atoms with Crippen LogP contribution in [0.2, 0.25) is 0 Å². The van der Waals surface area contributed by atoms with Gasteiger partial charge in [-0.3, -0.25) is 9.88 Å². The van der Waals surface area contributed by atoms with Gasteiger partial charge in [0.25, 0.3) is 0 Å². The third-order valence-corrected chi connectivity index (χ3v) is 3.65. The summed E-state index contributed by atoms with van der Waals surface area (Å²) in [6, 6.07) is 12.5. The number of nitrogens with zero attached hydrogens (tertiary/aromatic N) is 2. The molecule has 0 aliphatic carbocycles. The highest BCUT2D eigenvalue weighted by Crippen LogP contribution is 2.17. The maximum Gasteiger partial charge on any atom is 0.0427 e. The summed E-state index contributed by atoms with van der Waals surface area (Å²) in [6.07, 6.45) is 3.68. The van der Waals surface area contributed by atoms with Crippen molar-refractivity contribution in [3.63, 3.8) is 0 Å². The smallest absolute Gasteiger partial charge is 0.0427 e. The first-order valence-corrected chi connectivity index (χ1v) is 7.13. The summed E-state index contributed by atoms with van der Waals surface area (Å²) in [4.78, 5) is 6.42. The third-order valence-electron chi connectivity index (χ3n) is 3.65. The molecule has 0 aliphatic heterocycles. The van der Waals surface area contributed by atoms with E-state index in [1.807, 2.05) is 12.4 Å². The molecule has 3 nitrogen and oxygen atoms in total. The topological polar surface area (TPSA) is 42.2 Å². The van der Waals surface area contributed by atoms with E-state index in [9.17, 15) is 0 Å². The van der Waals surface area contributed by atoms with Crippen molar-refractivity contribution >= 4 is 0 Å². The number of pyridine rings is 1. The summed E-state index contributed by atoms with van der Waals surface area (Å²) in [5.41, 5.74) is 10.1. The Morgan fingerprint density at radius 2 is 1.85 bits per heavy atom. The first-order chi connectivity index (χ1) is 9.70. The van der Waals surface area contributed by atoms with Gasteiger partial charge in [-0.05, 0) is 42.3 Å². The van der Waals surface area contributed by atoms with Gasteiger partial charge >= 0.3 is 0 Å². The van der Waals surface area contributed by atoms with Gasteiger partial charge in [-0.25, -0.2) is 0 Å². The van der Waals surface area contributed by atoms with Crippen molar-refractivity contribution in [1.82, 2.24) is 9.88 Å². The highest BCUT2D eigenvalue weighted by atomic mass is 15.1. The van der Waals surface area contributed by atoms with Gasteiger partial charge < -0.3 is 5.73 Å². The predicted octanol–water partition coefficient (Wildman–Crippen LogP) is 2.91. The maximum atomic E-state index is 6.37. The second-order valence-corrected chi connectivity index (χ2v) is 5.15. The van der Waals surface area contributed by atoms with Crippen LogP contribution in [0.4, 0.5) is 0 Å². The van der Waals surface area contributed by atoms with E-state index in [2.05, 4.69) is 60.1 Å². The van der Waals surface area contributed by atoms with Gasteiger partial charge in [0.1, 0.15) is 0 Å². The van der Waals surface area contributed by atoms with Crippen molar-refractivity contribution < 1.29 is 0 Å². The molecule has 2 N–H and O–H groups in total. The number of aromatic nitrogens is 1. The first kappa shape index (κ1) is 14.7. The van der Waals surface area contributed by atoms with Crippen molar-refractivity contribution in [1.29, 1.82) is 0 Å². The van der Waals surface area contributed by atoms with Crippen LogP contribution in [0.5, 0.6) is 0 Å². The minimum Gasteiger partial charge on any atom is -0.323 e. The molecule has 0 saturated heterocycles. The zero-order chi connectivity index (χ0) is 14.4. The summed E-state index contributed by atoms with van der Waals surface area (Å²) in [7, 11) is 0. The molecule has 1 unspecified atom stereocenters. The van der Waals surface area contributed by atoms with E-state index < -0.39 is 0 Å². The first-order valence-electron chi connectivity index (χ1n) is 7.13. The largest absolute Gasteiger partial charge is 0.323 e. The summed E-state index contributed by atoms with van der Waals surface area (Å²) in [5, 5.41) is 0. The van der Waals surface area contributed by atoms with E-state index in [1.165, 1.54) is 16.7 Å². The number of aryl methyl sites for hydroxylation is 1. The molecule has 0 saturated carbocycles. The van der Waals surface area contributed by atoms with Crippen molar-refractivity contribution in [3.05, 3.63) is 65.5 Å². The van der Waals surface area contributed by atoms with Crippen molar-refractivity contribution in [2.24, 2.45) is 5.73 Å². The second-order valence-electron chi connectivity index (χ2n) is 5.15. The van der Waals surface area contributed by atoms with Gasteiger partial charge in [0, 0.05) is 31.5 Å². The zero-order valence-corrected chi connectivity index (χ0v) is 12.3. The average Bonchev–Trinajstić information content (AvgIpc) is 2.48. The van der Waals surface area contributed by atoms with Crippen molar-refractivity contribution in [2.45, 2.75) is 26.4 Å². The van der Waals surface area contributed by atoms with E-state index in [0.29, 0.717) is 0 Å². The summed E-state index contributed by atoms with van der Waals surface area (Å²) in [6.45, 7) is 7.06. The van der Waals surface area contributed by atoms with Crippen molar-refractivity contribution in [3.8, 4) is 0 Å². The fraction of sp³-hybridized carbons (Fsp3) is 0.353. The molecular formula is C17H23N3. The number of likely N-dealkylation sites (N-methyl/N-ethyl adjacent to an activating group) is 1. The van der Waals surface area contributed by atoms with Gasteiger partial charge in [0.05, 0.1) is 0 Å². The molecule has 2 aromatic rings. The SMILES string of the molecule is CCN(Cc1ccncc1)CC(N)c1ccccc1C. The monoisotopic (exact) mass is 269 g/mol. The van der Waals surface area contributed by atoms with Gasteiger partial charge in [-0.1, -0.05) is 31.2 Å². The van der Waals surface area contributed by atoms with Gasteiger partial charge in [-0.15, -0.1) is 0 Å². The Hall–Kier alpha value is -1.71. The Labute approximate surface area is 121 Å². The van der Waals surface area contributed by atoms with Crippen LogP contribution in [0, 0.1) is 6.92 Å². The van der Waals surface area contributed by atoms with Gasteiger partial charge in [-0.2, -0.15) is 0 Å². The molecule has 0 spiro atoms. The minimum atomic E-state index is 0.0537. The molecule has 0 fully saturated rings. The third kappa shape index (κ3) is 3.89. The molecule has 1 aromatic carbocycles. The Balaban J connectivity index is 2.01. The molecule has 3 heteroatoms. The van der Waals surface area contributed by atoms with Crippen LogP contribution in [0.3, 0.4) is 0 Å². The normalized spacial score (nSPS) is 12.6. The lowest BCUT2D eigenvalue weighted by molar-refractivity contribution is 0.262. The lowest BCUT2D eigenvalue weighted by Crippen LogP contribution is -2.32. The molecule has 106 valence electrons. The zero-order valence-electron chi connectivity index (χ0n) is 12.3. The van der Waals surface area contributed by atoms with Crippen LogP contribution < -0.4 is 5.73 Å². The Kier molecular flexibility index (Phi) is 5.27. The van der Waals surface area contributed by atoms with Crippen LogP contribution in [-0.4, -0.2) is 23.0 Å². The fourth-order valence-corrected chi connectivity index (χ4v) is 2.43. The summed E-state index contributed by atoms with van der Waals surface area (Å²) < 4.78 is 0. The highest BCUT2D eigenvalue weighted by molar-refractivity contribution is 5.28. The molecule has 0 amide bonds. The predicted molar refractivity (Wildman–Crippen MR) is 83.3 cm³/mol. The molecule has 1 atom stereocenters. The molecule has 1 heterocycles. The van der Waals surface area contributed by atoms with E-state index >= 15 is 0 Å². The fourth-order valence-electron chi connectivity index (χ4n) is 2.43. The minimum absolute atomic E-state index is 0.0537. The van der Waals surface area contributed by atoms with E-state index in [1.54, 1.807) is 0 Å². The quantitative estimate of drug-likeness (QED) is 0.876. The molecule has 0 radical (unpaired) electrons. The number of rotatable bonds is 6. The van der Waals surface area contributed by atoms with E-state index in [-0.39, 0.29) is 6.04 Å². The lowest BCUT2D eigenvalue weighted by atomic mass is 10.0. The van der Waals surface area contributed by atoms with Gasteiger partial charge in [0.2, 0.25) is 0 Å². The Bertz CT molecular complexity index is 525. The van der Waals surface area contributed by atoms with Crippen molar-refractivity contribution in [2.75, 3.05) is 13.1 Å². The van der Waals surface area contributed by atoms with Gasteiger partial charge in [0.15, 0.2) is 0 Å². The molecule has 1 aromatic heterocycles. The van der Waals surface area contributed by atoms with Crippen LogP contribution in [-0.2, 0) is 6.54 Å². The van der Waals surface area contributed by atoms with Crippen LogP contribution in [0.25, 0.3) is 0 Å². The molecule has 0 aliphatic rings. The number of hydrogen-bond acceptors (Lipinski definition) is 3. The lowest BCUT2D eigenvalue weighted by Gasteiger charge is -2.25. The summed E-state index contributed by atoms with van der Waals surface area (Å²) >= 11 is 0. The molecule has 0 bridgehead atoms. The van der Waals surface area contributed by atoms with Crippen LogP contribution in [0.1, 0.15) is 29.7 Å². The van der Waals surface area contributed by atoms with E-state index in [0.717, 1.165) is 19.6 Å². The summed E-state index contributed by atoms with van der Waals surface area (Å²) in [5.74, 6) is 0. The van der Waals surface area contributed by atoms with Crippen LogP contribution in [0.15, 0.2) is 48.8 Å². The second kappa shape index (κ2) is 7.17. The molecule has 2 rings (SSSR count). The van der Waals surface area contributed by atoms with Crippen LogP contribution >= 0.6 is 0 Å². The number of benzene rings is 1. The molecular weight excluding hydrogens is 246 g/mol. The Morgan fingerprint density at radius 1 is 1.15 bits per heavy atom. The number of nitrogens with two attached hydrogens (primary N) is 1. The standard InChI is InChI=1S/C17H23N3/c1-3-20(12-15-8-10-19-11-9-15)13-17(18)16-7-5-4-6-14(16)2/h4-11,17H,3,12-13,18H2,1-2H3. The average molecular weight is 269 g/mol. The maximum absolute atomic E-state index is 6.37. The highest BCUT2D eigenvalue weighted by Gasteiger charge is 2.13. The van der Waals surface area contributed by atoms with E-state index in [4.69, 9.17) is 5.73 Å². The Morgan fingerprint density at radius 3 is 2.50 bits per heavy atom.